The van der Waals surface area contributed by atoms with Crippen LogP contribution in [0.3, 0.4) is 0 Å². The average Bonchev–Trinajstić information content (AvgIpc) is 2.86. The van der Waals surface area contributed by atoms with E-state index in [2.05, 4.69) is 9.97 Å². The number of nitrogens with zero attached hydrogens (tertiary/aromatic N) is 2. The summed E-state index contributed by atoms with van der Waals surface area (Å²) in [7, 11) is 0. The molecule has 0 radical (unpaired) electrons. The lowest BCUT2D eigenvalue weighted by molar-refractivity contribution is -0.198. The predicted molar refractivity (Wildman–Crippen MR) is 140 cm³/mol. The van der Waals surface area contributed by atoms with E-state index >= 15 is 0 Å². The molecule has 1 aliphatic heterocycles. The Kier molecular flexibility index (Phi) is 9.67. The van der Waals surface area contributed by atoms with Crippen molar-refractivity contribution in [2.75, 3.05) is 18.9 Å². The number of allylic oxidation sites excluding steroid dienone is 2. The quantitative estimate of drug-likeness (QED) is 0.388. The molecule has 7 nitrogen and oxygen atoms in total. The van der Waals surface area contributed by atoms with Crippen molar-refractivity contribution in [3.63, 3.8) is 0 Å². The Hall–Kier alpha value is -2.82. The number of hydrogen-bond donors (Lipinski definition) is 2. The van der Waals surface area contributed by atoms with Crippen molar-refractivity contribution in [1.29, 1.82) is 0 Å². The van der Waals surface area contributed by atoms with Gasteiger partial charge in [-0.3, -0.25) is 4.79 Å². The number of rotatable bonds is 7. The van der Waals surface area contributed by atoms with Crippen LogP contribution >= 0.6 is 24.0 Å². The lowest BCUT2D eigenvalue weighted by Crippen LogP contribution is -2.28. The number of anilines is 1. The van der Waals surface area contributed by atoms with Crippen molar-refractivity contribution in [2.45, 2.75) is 44.9 Å². The summed E-state index contributed by atoms with van der Waals surface area (Å²) in [6.07, 6.45) is -1.42. The van der Waals surface area contributed by atoms with Gasteiger partial charge in [0.2, 0.25) is 17.9 Å². The van der Waals surface area contributed by atoms with Crippen LogP contribution in [0.15, 0.2) is 36.4 Å². The number of aromatic nitrogens is 2. The summed E-state index contributed by atoms with van der Waals surface area (Å²) in [5.41, 5.74) is 7.90. The standard InChI is InChI=1S/C26H27ClF3N3O4.ClH/c1-14(24(34)35)15-2-4-17(5-3-15)21-13-22(33-25(31)32-21)37-23(26(28,29)30)19-7-6-18(27)12-20(19)16-8-10-36-11-9-16;/h4,6-8,12-15,23H,2-3,5,9-11H2,1H3,(H,34,35)(H2,31,32,33);1H/t14?,15?,23-;/m1./s1. The first kappa shape index (κ1) is 29.7. The Bertz CT molecular complexity index is 1240. The molecule has 0 bridgehead atoms. The Morgan fingerprint density at radius 1 is 1.21 bits per heavy atom. The number of ether oxygens (including phenoxy) is 2. The van der Waals surface area contributed by atoms with Gasteiger partial charge in [-0.15, -0.1) is 12.4 Å². The smallest absolute Gasteiger partial charge is 0.429 e. The van der Waals surface area contributed by atoms with Crippen molar-refractivity contribution in [2.24, 2.45) is 11.8 Å². The Morgan fingerprint density at radius 3 is 2.58 bits per heavy atom. The molecule has 4 rings (SSSR count). The average molecular weight is 574 g/mol. The van der Waals surface area contributed by atoms with Gasteiger partial charge in [0, 0.05) is 16.7 Å². The highest BCUT2D eigenvalue weighted by Gasteiger charge is 2.45. The third-order valence-corrected chi connectivity index (χ3v) is 6.98. The molecule has 0 saturated carbocycles. The highest BCUT2D eigenvalue weighted by Crippen LogP contribution is 2.42. The van der Waals surface area contributed by atoms with Crippen molar-refractivity contribution in [3.05, 3.63) is 58.3 Å². The van der Waals surface area contributed by atoms with Crippen molar-refractivity contribution < 1.29 is 32.5 Å². The number of carboxylic acids is 1. The van der Waals surface area contributed by atoms with Gasteiger partial charge in [-0.05, 0) is 60.4 Å². The SMILES string of the molecule is CC(C(=O)O)C1CC=C(c2cc(O[C@H](c3ccc(Cl)cc3C3=CCOCC3)C(F)(F)F)nc(N)n2)CC1.Cl. The minimum absolute atomic E-state index is 0. The number of nitrogens with two attached hydrogens (primary N) is 1. The highest BCUT2D eigenvalue weighted by atomic mass is 35.5. The Morgan fingerprint density at radius 2 is 1.97 bits per heavy atom. The maximum Gasteiger partial charge on any atom is 0.429 e. The number of hydrogen-bond acceptors (Lipinski definition) is 6. The molecule has 38 heavy (non-hydrogen) atoms. The van der Waals surface area contributed by atoms with E-state index in [0.29, 0.717) is 60.8 Å². The highest BCUT2D eigenvalue weighted by molar-refractivity contribution is 6.30. The molecular weight excluding hydrogens is 546 g/mol. The fourth-order valence-electron chi connectivity index (χ4n) is 4.64. The molecule has 12 heteroatoms. The van der Waals surface area contributed by atoms with Crippen molar-refractivity contribution in [3.8, 4) is 5.88 Å². The molecule has 2 aromatic rings. The molecule has 0 fully saturated rings. The predicted octanol–water partition coefficient (Wildman–Crippen LogP) is 6.52. The molecule has 1 aromatic carbocycles. The molecule has 206 valence electrons. The first-order valence-electron chi connectivity index (χ1n) is 11.9. The zero-order chi connectivity index (χ0) is 26.7. The number of nitrogen functional groups attached to an aromatic ring is 1. The molecule has 0 amide bonds. The third-order valence-electron chi connectivity index (χ3n) is 6.74. The van der Waals surface area contributed by atoms with Crippen LogP contribution in [0.1, 0.15) is 55.5 Å². The van der Waals surface area contributed by atoms with Gasteiger partial charge in [0.15, 0.2) is 0 Å². The molecule has 3 atom stereocenters. The van der Waals surface area contributed by atoms with Crippen LogP contribution in [-0.2, 0) is 9.53 Å². The van der Waals surface area contributed by atoms with E-state index in [9.17, 15) is 23.1 Å². The van der Waals surface area contributed by atoms with Crippen molar-refractivity contribution >= 4 is 47.1 Å². The zero-order valence-electron chi connectivity index (χ0n) is 20.5. The number of carboxylic acid groups (broad SMARTS) is 1. The second-order valence-electron chi connectivity index (χ2n) is 9.17. The number of benzene rings is 1. The largest absolute Gasteiger partial charge is 0.481 e. The van der Waals surface area contributed by atoms with Gasteiger partial charge in [0.1, 0.15) is 0 Å². The van der Waals surface area contributed by atoms with E-state index in [0.717, 1.165) is 5.57 Å². The topological polar surface area (TPSA) is 108 Å². The Balaban J connectivity index is 0.00000400. The molecular formula is C26H28Cl2F3N3O4. The maximum atomic E-state index is 14.3. The summed E-state index contributed by atoms with van der Waals surface area (Å²) in [6, 6.07) is 5.54. The monoisotopic (exact) mass is 573 g/mol. The van der Waals surface area contributed by atoms with Gasteiger partial charge in [0.25, 0.3) is 0 Å². The van der Waals surface area contributed by atoms with E-state index in [4.69, 9.17) is 26.8 Å². The minimum Gasteiger partial charge on any atom is -0.481 e. The Labute approximate surface area is 229 Å². The summed E-state index contributed by atoms with van der Waals surface area (Å²) < 4.78 is 53.8. The van der Waals surface area contributed by atoms with Gasteiger partial charge >= 0.3 is 12.1 Å². The number of aliphatic carboxylic acids is 1. The molecule has 2 unspecified atom stereocenters. The molecule has 2 aliphatic rings. The fourth-order valence-corrected chi connectivity index (χ4v) is 4.82. The molecule has 0 saturated heterocycles. The second kappa shape index (κ2) is 12.4. The van der Waals surface area contributed by atoms with Gasteiger partial charge in [-0.1, -0.05) is 36.7 Å². The van der Waals surface area contributed by atoms with Crippen molar-refractivity contribution in [1.82, 2.24) is 9.97 Å². The molecule has 3 N–H and O–H groups in total. The molecule has 0 spiro atoms. The van der Waals surface area contributed by atoms with E-state index in [-0.39, 0.29) is 35.7 Å². The van der Waals surface area contributed by atoms with E-state index in [1.807, 2.05) is 6.08 Å². The van der Waals surface area contributed by atoms with E-state index < -0.39 is 24.2 Å². The van der Waals surface area contributed by atoms with Crippen LogP contribution < -0.4 is 10.5 Å². The van der Waals surface area contributed by atoms with Gasteiger partial charge < -0.3 is 20.3 Å². The third kappa shape index (κ3) is 6.98. The summed E-state index contributed by atoms with van der Waals surface area (Å²) in [6.45, 7) is 2.35. The summed E-state index contributed by atoms with van der Waals surface area (Å²) >= 11 is 6.13. The lowest BCUT2D eigenvalue weighted by Gasteiger charge is -2.26. The lowest BCUT2D eigenvalue weighted by atomic mass is 9.81. The maximum absolute atomic E-state index is 14.3. The fraction of sp³-hybridized carbons (Fsp3) is 0.423. The molecule has 1 aliphatic carbocycles. The second-order valence-corrected chi connectivity index (χ2v) is 9.60. The first-order valence-corrected chi connectivity index (χ1v) is 12.3. The van der Waals surface area contributed by atoms with Gasteiger partial charge in [0.05, 0.1) is 24.8 Å². The van der Waals surface area contributed by atoms with E-state index in [1.54, 1.807) is 13.0 Å². The van der Waals surface area contributed by atoms with Gasteiger partial charge in [-0.2, -0.15) is 18.2 Å². The minimum atomic E-state index is -4.77. The normalized spacial score (nSPS) is 19.4. The van der Waals surface area contributed by atoms with Crippen LogP contribution in [0.5, 0.6) is 5.88 Å². The zero-order valence-corrected chi connectivity index (χ0v) is 22.1. The van der Waals surface area contributed by atoms with E-state index in [1.165, 1.54) is 24.3 Å². The summed E-state index contributed by atoms with van der Waals surface area (Å²) in [5, 5.41) is 9.57. The van der Waals surface area contributed by atoms with Crippen LogP contribution in [-0.4, -0.2) is 40.4 Å². The number of alkyl halides is 3. The summed E-state index contributed by atoms with van der Waals surface area (Å²) in [5.74, 6) is -1.93. The molecule has 2 heterocycles. The van der Waals surface area contributed by atoms with Gasteiger partial charge in [-0.25, -0.2) is 4.98 Å². The molecule has 1 aromatic heterocycles. The van der Waals surface area contributed by atoms with Crippen LogP contribution in [0.4, 0.5) is 19.1 Å². The summed E-state index contributed by atoms with van der Waals surface area (Å²) in [4.78, 5) is 19.4. The van der Waals surface area contributed by atoms with Crippen LogP contribution in [0.2, 0.25) is 5.02 Å². The van der Waals surface area contributed by atoms with Crippen LogP contribution in [0, 0.1) is 11.8 Å². The number of halogens is 5. The van der Waals surface area contributed by atoms with Crippen LogP contribution in [0.25, 0.3) is 11.1 Å². The first-order chi connectivity index (χ1) is 17.5. The number of carbonyl (C=O) groups is 1.